The molecule has 0 heterocycles. The minimum atomic E-state index is -0.772. The second-order valence-electron chi connectivity index (χ2n) is 21.3. The highest BCUT2D eigenvalue weighted by Crippen LogP contribution is 2.17. The van der Waals surface area contributed by atoms with Crippen LogP contribution in [0.2, 0.25) is 0 Å². The Hall–Kier alpha value is -3.41. The van der Waals surface area contributed by atoms with Gasteiger partial charge in [-0.15, -0.1) is 0 Å². The van der Waals surface area contributed by atoms with E-state index in [2.05, 4.69) is 106 Å². The third-order valence-corrected chi connectivity index (χ3v) is 13.9. The Balaban J connectivity index is 4.13. The smallest absolute Gasteiger partial charge is 0.306 e. The lowest BCUT2D eigenvalue weighted by Crippen LogP contribution is -2.30. The van der Waals surface area contributed by atoms with Crippen molar-refractivity contribution >= 4 is 17.9 Å². The molecule has 0 aromatic rings. The summed E-state index contributed by atoms with van der Waals surface area (Å²) in [5, 5.41) is 0. The third kappa shape index (κ3) is 61.3. The molecule has 0 aromatic carbocycles. The minimum absolute atomic E-state index is 0.0714. The van der Waals surface area contributed by atoms with Gasteiger partial charge in [0.05, 0.1) is 0 Å². The standard InChI is InChI=1S/C69H120O6/c1-4-7-10-13-16-19-22-24-26-27-28-29-30-31-32-33-34-35-36-37-38-39-40-41-42-43-44-46-47-50-53-56-59-62-68(71)74-65-66(64-73-67(70)61-58-55-52-49-21-18-15-12-9-6-3)75-69(72)63-60-57-54-51-48-45-25-23-20-17-14-11-8-5-2/h7,10,16,19,24,26,28-29,31-32,34-35,37-38,66H,4-6,8-9,11-15,17-18,20-23,25,27,30,33,36,39-65H2,1-3H3/b10-7-,19-16-,26-24-,29-28-,32-31-,35-34-,38-37-. The van der Waals surface area contributed by atoms with E-state index in [0.717, 1.165) is 103 Å². The second-order valence-corrected chi connectivity index (χ2v) is 21.3. The summed E-state index contributed by atoms with van der Waals surface area (Å²) in [6.45, 7) is 6.54. The Morgan fingerprint density at radius 2 is 0.520 bits per heavy atom. The molecule has 0 fully saturated rings. The van der Waals surface area contributed by atoms with Crippen LogP contribution in [-0.4, -0.2) is 37.2 Å². The predicted octanol–water partition coefficient (Wildman–Crippen LogP) is 21.9. The van der Waals surface area contributed by atoms with Crippen molar-refractivity contribution in [1.82, 2.24) is 0 Å². The largest absolute Gasteiger partial charge is 0.462 e. The second kappa shape index (κ2) is 63.1. The predicted molar refractivity (Wildman–Crippen MR) is 325 cm³/mol. The molecule has 432 valence electrons. The zero-order valence-corrected chi connectivity index (χ0v) is 49.6. The maximum Gasteiger partial charge on any atom is 0.306 e. The van der Waals surface area contributed by atoms with Crippen LogP contribution in [0.4, 0.5) is 0 Å². The van der Waals surface area contributed by atoms with E-state index in [9.17, 15) is 14.4 Å². The number of hydrogen-bond acceptors (Lipinski definition) is 6. The normalized spacial score (nSPS) is 12.6. The Morgan fingerprint density at radius 1 is 0.280 bits per heavy atom. The molecule has 0 bridgehead atoms. The van der Waals surface area contributed by atoms with E-state index in [1.54, 1.807) is 0 Å². The van der Waals surface area contributed by atoms with Gasteiger partial charge in [-0.3, -0.25) is 14.4 Å². The van der Waals surface area contributed by atoms with E-state index in [-0.39, 0.29) is 31.1 Å². The van der Waals surface area contributed by atoms with Crippen molar-refractivity contribution in [2.45, 2.75) is 322 Å². The molecule has 0 rings (SSSR count). The summed E-state index contributed by atoms with van der Waals surface area (Å²) in [6.07, 6.45) is 83.1. The van der Waals surface area contributed by atoms with Crippen LogP contribution in [0.3, 0.4) is 0 Å². The quantitative estimate of drug-likeness (QED) is 0.0261. The lowest BCUT2D eigenvalue weighted by atomic mass is 10.0. The molecule has 0 amide bonds. The van der Waals surface area contributed by atoms with Gasteiger partial charge >= 0.3 is 17.9 Å². The van der Waals surface area contributed by atoms with E-state index in [4.69, 9.17) is 14.2 Å². The molecule has 0 aliphatic rings. The van der Waals surface area contributed by atoms with E-state index < -0.39 is 6.10 Å². The molecule has 0 aromatic heterocycles. The van der Waals surface area contributed by atoms with E-state index in [1.165, 1.54) is 173 Å². The number of allylic oxidation sites excluding steroid dienone is 14. The molecule has 0 saturated carbocycles. The zero-order chi connectivity index (χ0) is 54.3. The van der Waals surface area contributed by atoms with Gasteiger partial charge < -0.3 is 14.2 Å². The molecule has 6 heteroatoms. The maximum absolute atomic E-state index is 12.8. The van der Waals surface area contributed by atoms with Gasteiger partial charge in [-0.2, -0.15) is 0 Å². The summed E-state index contributed by atoms with van der Waals surface area (Å²) >= 11 is 0. The van der Waals surface area contributed by atoms with Crippen LogP contribution in [0.1, 0.15) is 316 Å². The lowest BCUT2D eigenvalue weighted by molar-refractivity contribution is -0.167. The summed E-state index contributed by atoms with van der Waals surface area (Å²) < 4.78 is 16.9. The van der Waals surface area contributed by atoms with Crippen LogP contribution < -0.4 is 0 Å². The van der Waals surface area contributed by atoms with E-state index >= 15 is 0 Å². The molecule has 0 aliphatic heterocycles. The third-order valence-electron chi connectivity index (χ3n) is 13.9. The van der Waals surface area contributed by atoms with E-state index in [1.807, 2.05) is 0 Å². The molecule has 0 radical (unpaired) electrons. The number of ether oxygens (including phenoxy) is 3. The fraction of sp³-hybridized carbons (Fsp3) is 0.754. The maximum atomic E-state index is 12.8. The summed E-state index contributed by atoms with van der Waals surface area (Å²) in [6, 6.07) is 0. The average Bonchev–Trinajstić information content (AvgIpc) is 3.41. The lowest BCUT2D eigenvalue weighted by Gasteiger charge is -2.18. The van der Waals surface area contributed by atoms with Crippen molar-refractivity contribution in [2.75, 3.05) is 13.2 Å². The first-order chi connectivity index (χ1) is 37.0. The highest BCUT2D eigenvalue weighted by molar-refractivity contribution is 5.71. The Morgan fingerprint density at radius 3 is 0.813 bits per heavy atom. The molecule has 0 saturated heterocycles. The Bertz CT molecular complexity index is 1430. The van der Waals surface area contributed by atoms with Gasteiger partial charge in [0.1, 0.15) is 13.2 Å². The topological polar surface area (TPSA) is 78.9 Å². The number of rotatable bonds is 58. The van der Waals surface area contributed by atoms with Crippen molar-refractivity contribution in [2.24, 2.45) is 0 Å². The summed E-state index contributed by atoms with van der Waals surface area (Å²) in [5.74, 6) is -0.862. The van der Waals surface area contributed by atoms with Crippen molar-refractivity contribution < 1.29 is 28.6 Å². The number of carbonyl (C=O) groups excluding carboxylic acids is 3. The molecular formula is C69H120O6. The van der Waals surface area contributed by atoms with Crippen molar-refractivity contribution in [3.63, 3.8) is 0 Å². The summed E-state index contributed by atoms with van der Waals surface area (Å²) in [5.41, 5.74) is 0. The average molecular weight is 1050 g/mol. The molecule has 0 spiro atoms. The van der Waals surface area contributed by atoms with E-state index in [0.29, 0.717) is 19.3 Å². The number of hydrogen-bond donors (Lipinski definition) is 0. The molecule has 0 aliphatic carbocycles. The molecule has 1 unspecified atom stereocenters. The number of esters is 3. The van der Waals surface area contributed by atoms with Gasteiger partial charge in [0.2, 0.25) is 0 Å². The summed E-state index contributed by atoms with van der Waals surface area (Å²) in [7, 11) is 0. The fourth-order valence-electron chi connectivity index (χ4n) is 9.13. The first kappa shape index (κ1) is 71.6. The molecule has 1 atom stereocenters. The Labute approximate surface area is 465 Å². The fourth-order valence-corrected chi connectivity index (χ4v) is 9.13. The SMILES string of the molecule is CC/C=C\C/C=C\C/C=C\C/C=C\C/C=C\C/C=C\C/C=C\CCCCCCCCCCCCCC(=O)OCC(COC(=O)CCCCCCCCCCCC)OC(=O)CCCCCCCCCCCCCCCC. The highest BCUT2D eigenvalue weighted by atomic mass is 16.6. The zero-order valence-electron chi connectivity index (χ0n) is 49.6. The monoisotopic (exact) mass is 1040 g/mol. The van der Waals surface area contributed by atoms with Crippen LogP contribution in [-0.2, 0) is 28.6 Å². The number of unbranched alkanes of at least 4 members (excludes halogenated alkanes) is 33. The van der Waals surface area contributed by atoms with Crippen LogP contribution in [0.5, 0.6) is 0 Å². The summed E-state index contributed by atoms with van der Waals surface area (Å²) in [4.78, 5) is 38.1. The van der Waals surface area contributed by atoms with Gasteiger partial charge in [0, 0.05) is 19.3 Å². The van der Waals surface area contributed by atoms with Gasteiger partial charge in [0.15, 0.2) is 6.10 Å². The molecule has 75 heavy (non-hydrogen) atoms. The molecule has 6 nitrogen and oxygen atoms in total. The van der Waals surface area contributed by atoms with Crippen molar-refractivity contribution in [3.8, 4) is 0 Å². The highest BCUT2D eigenvalue weighted by Gasteiger charge is 2.19. The van der Waals surface area contributed by atoms with Crippen LogP contribution in [0.25, 0.3) is 0 Å². The van der Waals surface area contributed by atoms with Gasteiger partial charge in [0.25, 0.3) is 0 Å². The van der Waals surface area contributed by atoms with Crippen LogP contribution in [0, 0.1) is 0 Å². The van der Waals surface area contributed by atoms with Crippen LogP contribution >= 0.6 is 0 Å². The Kier molecular flexibility index (Phi) is 60.3. The first-order valence-electron chi connectivity index (χ1n) is 32.1. The van der Waals surface area contributed by atoms with Crippen molar-refractivity contribution in [3.05, 3.63) is 85.1 Å². The molecular weight excluding hydrogens is 925 g/mol. The van der Waals surface area contributed by atoms with Crippen molar-refractivity contribution in [1.29, 1.82) is 0 Å². The molecule has 0 N–H and O–H groups in total. The van der Waals surface area contributed by atoms with Gasteiger partial charge in [-0.1, -0.05) is 305 Å². The van der Waals surface area contributed by atoms with Gasteiger partial charge in [-0.05, 0) is 77.0 Å². The first-order valence-corrected chi connectivity index (χ1v) is 32.1. The van der Waals surface area contributed by atoms with Gasteiger partial charge in [-0.25, -0.2) is 0 Å². The minimum Gasteiger partial charge on any atom is -0.462 e. The van der Waals surface area contributed by atoms with Crippen LogP contribution in [0.15, 0.2) is 85.1 Å². The number of carbonyl (C=O) groups is 3.